The van der Waals surface area contributed by atoms with Gasteiger partial charge in [0.25, 0.3) is 0 Å². The number of sulfone groups is 1. The van der Waals surface area contributed by atoms with Gasteiger partial charge in [-0.2, -0.15) is 4.98 Å². The van der Waals surface area contributed by atoms with Gasteiger partial charge in [0.1, 0.15) is 5.75 Å². The molecular weight excluding hydrogens is 388 g/mol. The number of oxazole rings is 1. The van der Waals surface area contributed by atoms with E-state index in [0.717, 1.165) is 17.7 Å². The minimum absolute atomic E-state index is 0.0306. The van der Waals surface area contributed by atoms with Crippen molar-refractivity contribution in [3.8, 4) is 17.2 Å². The maximum atomic E-state index is 13.2. The highest BCUT2D eigenvalue weighted by Gasteiger charge is 2.29. The van der Waals surface area contributed by atoms with E-state index in [9.17, 15) is 8.42 Å². The molecule has 0 radical (unpaired) electrons. The largest absolute Gasteiger partial charge is 0.494 e. The maximum Gasteiger partial charge on any atom is 0.234 e. The summed E-state index contributed by atoms with van der Waals surface area (Å²) < 4.78 is 37.8. The van der Waals surface area contributed by atoms with Crippen LogP contribution in [0, 0.1) is 6.92 Å². The second-order valence-electron chi connectivity index (χ2n) is 6.88. The summed E-state index contributed by atoms with van der Waals surface area (Å²) in [6.07, 6.45) is 0.809. The average Bonchev–Trinajstić information content (AvgIpc) is 3.13. The van der Waals surface area contributed by atoms with E-state index in [2.05, 4.69) is 10.3 Å². The van der Waals surface area contributed by atoms with Crippen LogP contribution in [-0.2, 0) is 9.84 Å². The molecule has 1 heterocycles. The summed E-state index contributed by atoms with van der Waals surface area (Å²) in [7, 11) is -3.84. The van der Waals surface area contributed by atoms with Gasteiger partial charge >= 0.3 is 0 Å². The second kappa shape index (κ2) is 8.69. The number of aryl methyl sites for hydroxylation is 1. The predicted octanol–water partition coefficient (Wildman–Crippen LogP) is 5.09. The SMILES string of the molecule is CCOc1ccc(-c2nc(S(=O)(=O)c3ccc(C)cc3)c(NC(C)CC)o2)cc1. The van der Waals surface area contributed by atoms with Gasteiger partial charge in [0, 0.05) is 11.6 Å². The number of hydrogen-bond donors (Lipinski definition) is 1. The second-order valence-corrected chi connectivity index (χ2v) is 8.75. The molecule has 29 heavy (non-hydrogen) atoms. The van der Waals surface area contributed by atoms with E-state index < -0.39 is 9.84 Å². The van der Waals surface area contributed by atoms with E-state index in [0.29, 0.717) is 12.2 Å². The molecule has 0 saturated carbocycles. The van der Waals surface area contributed by atoms with Crippen LogP contribution in [0.2, 0.25) is 0 Å². The van der Waals surface area contributed by atoms with Crippen LogP contribution in [0.25, 0.3) is 11.5 Å². The van der Waals surface area contributed by atoms with Gasteiger partial charge in [0.15, 0.2) is 0 Å². The van der Waals surface area contributed by atoms with Crippen molar-refractivity contribution >= 4 is 15.7 Å². The minimum atomic E-state index is -3.84. The highest BCUT2D eigenvalue weighted by atomic mass is 32.2. The molecule has 3 rings (SSSR count). The zero-order valence-corrected chi connectivity index (χ0v) is 17.9. The zero-order chi connectivity index (χ0) is 21.0. The number of rotatable bonds is 8. The Morgan fingerprint density at radius 3 is 2.31 bits per heavy atom. The fraction of sp³-hybridized carbons (Fsp3) is 0.318. The fourth-order valence-corrected chi connectivity index (χ4v) is 3.98. The Hall–Kier alpha value is -2.80. The molecule has 6 nitrogen and oxygen atoms in total. The lowest BCUT2D eigenvalue weighted by Gasteiger charge is -2.11. The molecule has 1 atom stereocenters. The molecule has 0 bridgehead atoms. The lowest BCUT2D eigenvalue weighted by molar-refractivity contribution is 0.340. The van der Waals surface area contributed by atoms with Crippen LogP contribution in [0.3, 0.4) is 0 Å². The average molecular weight is 415 g/mol. The number of nitrogens with zero attached hydrogens (tertiary/aromatic N) is 1. The maximum absolute atomic E-state index is 13.2. The molecule has 3 aromatic rings. The molecule has 1 N–H and O–H groups in total. The summed E-state index contributed by atoms with van der Waals surface area (Å²) in [5, 5.41) is 3.03. The van der Waals surface area contributed by atoms with Crippen LogP contribution < -0.4 is 10.1 Å². The normalized spacial score (nSPS) is 12.6. The third-order valence-corrected chi connectivity index (χ3v) is 6.26. The van der Waals surface area contributed by atoms with Crippen molar-refractivity contribution in [1.82, 2.24) is 4.98 Å². The number of benzene rings is 2. The molecular formula is C22H26N2O4S. The number of hydrogen-bond acceptors (Lipinski definition) is 6. The molecule has 0 amide bonds. The third kappa shape index (κ3) is 4.62. The molecule has 0 saturated heterocycles. The molecule has 1 unspecified atom stereocenters. The number of aromatic nitrogens is 1. The van der Waals surface area contributed by atoms with Gasteiger partial charge in [-0.25, -0.2) is 8.42 Å². The standard InChI is InChI=1S/C22H26N2O4S/c1-5-16(4)23-21-22(29(25,26)19-13-7-15(3)8-14-19)24-20(28-21)17-9-11-18(12-10-17)27-6-2/h7-14,16,23H,5-6H2,1-4H3. The van der Waals surface area contributed by atoms with Crippen molar-refractivity contribution in [1.29, 1.82) is 0 Å². The van der Waals surface area contributed by atoms with Crippen LogP contribution in [0.1, 0.15) is 32.8 Å². The van der Waals surface area contributed by atoms with Crippen molar-refractivity contribution in [2.45, 2.75) is 50.1 Å². The van der Waals surface area contributed by atoms with Gasteiger partial charge in [-0.1, -0.05) is 24.6 Å². The van der Waals surface area contributed by atoms with Crippen LogP contribution in [0.4, 0.5) is 5.88 Å². The molecule has 154 valence electrons. The van der Waals surface area contributed by atoms with Gasteiger partial charge < -0.3 is 14.5 Å². The molecule has 0 fully saturated rings. The van der Waals surface area contributed by atoms with Gasteiger partial charge in [-0.3, -0.25) is 0 Å². The van der Waals surface area contributed by atoms with E-state index in [1.54, 1.807) is 48.5 Å². The Labute approximate surface area is 171 Å². The fourth-order valence-electron chi connectivity index (χ4n) is 2.72. The molecule has 0 spiro atoms. The summed E-state index contributed by atoms with van der Waals surface area (Å²) in [6, 6.07) is 13.9. The van der Waals surface area contributed by atoms with E-state index in [-0.39, 0.29) is 27.7 Å². The van der Waals surface area contributed by atoms with E-state index in [4.69, 9.17) is 9.15 Å². The predicted molar refractivity (Wildman–Crippen MR) is 113 cm³/mol. The van der Waals surface area contributed by atoms with E-state index in [1.165, 1.54) is 0 Å². The summed E-state index contributed by atoms with van der Waals surface area (Å²) >= 11 is 0. The minimum Gasteiger partial charge on any atom is -0.494 e. The number of anilines is 1. The Balaban J connectivity index is 2.06. The lowest BCUT2D eigenvalue weighted by atomic mass is 10.2. The number of nitrogens with one attached hydrogen (secondary N) is 1. The monoisotopic (exact) mass is 414 g/mol. The zero-order valence-electron chi connectivity index (χ0n) is 17.1. The summed E-state index contributed by atoms with van der Waals surface area (Å²) in [5.74, 6) is 1.13. The van der Waals surface area contributed by atoms with Gasteiger partial charge in [-0.15, -0.1) is 0 Å². The van der Waals surface area contributed by atoms with Crippen molar-refractivity contribution in [3.63, 3.8) is 0 Å². The Morgan fingerprint density at radius 2 is 1.72 bits per heavy atom. The smallest absolute Gasteiger partial charge is 0.234 e. The molecule has 0 aliphatic heterocycles. The van der Waals surface area contributed by atoms with Crippen molar-refractivity contribution in [2.75, 3.05) is 11.9 Å². The summed E-state index contributed by atoms with van der Waals surface area (Å²) in [4.78, 5) is 4.54. The summed E-state index contributed by atoms with van der Waals surface area (Å²) in [5.41, 5.74) is 1.66. The van der Waals surface area contributed by atoms with Crippen LogP contribution >= 0.6 is 0 Å². The van der Waals surface area contributed by atoms with Gasteiger partial charge in [0.2, 0.25) is 26.6 Å². The van der Waals surface area contributed by atoms with Gasteiger partial charge in [0.05, 0.1) is 11.5 Å². The van der Waals surface area contributed by atoms with E-state index >= 15 is 0 Å². The highest BCUT2D eigenvalue weighted by Crippen LogP contribution is 2.33. The van der Waals surface area contributed by atoms with Crippen molar-refractivity contribution in [3.05, 3.63) is 54.1 Å². The quantitative estimate of drug-likeness (QED) is 0.553. The molecule has 0 aliphatic rings. The van der Waals surface area contributed by atoms with Gasteiger partial charge in [-0.05, 0) is 63.6 Å². The topological polar surface area (TPSA) is 81.4 Å². The Kier molecular flexibility index (Phi) is 6.27. The van der Waals surface area contributed by atoms with Crippen molar-refractivity contribution < 1.29 is 17.6 Å². The van der Waals surface area contributed by atoms with Crippen molar-refractivity contribution in [2.24, 2.45) is 0 Å². The lowest BCUT2D eigenvalue weighted by Crippen LogP contribution is -2.15. The first kappa shape index (κ1) is 20.9. The number of ether oxygens (including phenoxy) is 1. The third-order valence-electron chi connectivity index (χ3n) is 4.58. The summed E-state index contributed by atoms with van der Waals surface area (Å²) in [6.45, 7) is 8.36. The molecule has 0 aliphatic carbocycles. The first-order valence-electron chi connectivity index (χ1n) is 9.67. The van der Waals surface area contributed by atoms with Crippen LogP contribution in [0.5, 0.6) is 5.75 Å². The van der Waals surface area contributed by atoms with Crippen LogP contribution in [0.15, 0.2) is 62.9 Å². The van der Waals surface area contributed by atoms with Crippen LogP contribution in [-0.4, -0.2) is 26.1 Å². The first-order valence-corrected chi connectivity index (χ1v) is 11.2. The first-order chi connectivity index (χ1) is 13.8. The molecule has 7 heteroatoms. The Bertz CT molecular complexity index is 1060. The highest BCUT2D eigenvalue weighted by molar-refractivity contribution is 7.91. The Morgan fingerprint density at radius 1 is 1.07 bits per heavy atom. The molecule has 2 aromatic carbocycles. The molecule has 1 aromatic heterocycles. The van der Waals surface area contributed by atoms with E-state index in [1.807, 2.05) is 27.7 Å².